The monoisotopic (exact) mass is 405 g/mol. The van der Waals surface area contributed by atoms with Crippen LogP contribution in [0.15, 0.2) is 59.0 Å². The van der Waals surface area contributed by atoms with Crippen molar-refractivity contribution in [3.05, 3.63) is 60.2 Å². The first-order chi connectivity index (χ1) is 14.5. The second kappa shape index (κ2) is 7.82. The van der Waals surface area contributed by atoms with Crippen LogP contribution in [0.1, 0.15) is 34.6 Å². The summed E-state index contributed by atoms with van der Waals surface area (Å²) in [6, 6.07) is 4.89. The number of carbonyl (C=O) groups excluding carboxylic acids is 3. The van der Waals surface area contributed by atoms with Crippen LogP contribution in [0.4, 0.5) is 0 Å². The Morgan fingerprint density at radius 3 is 2.37 bits per heavy atom. The van der Waals surface area contributed by atoms with Gasteiger partial charge < -0.3 is 4.90 Å². The molecule has 0 bridgehead atoms. The molecule has 0 saturated heterocycles. The SMILES string of the molecule is CC1N=C2N=C(NC(=O)c3cccnc3)NC(=O)C2N(C(=O)c2cccnc2)C1C. The minimum Gasteiger partial charge on any atom is -0.315 e. The normalized spacial score (nSPS) is 22.9. The molecule has 3 unspecified atom stereocenters. The van der Waals surface area contributed by atoms with E-state index in [4.69, 9.17) is 0 Å². The summed E-state index contributed by atoms with van der Waals surface area (Å²) in [6.45, 7) is 3.67. The van der Waals surface area contributed by atoms with Crippen molar-refractivity contribution in [2.45, 2.75) is 32.0 Å². The Labute approximate surface area is 172 Å². The molecule has 3 atom stereocenters. The minimum absolute atomic E-state index is 0.0422. The second-order valence-corrected chi connectivity index (χ2v) is 6.97. The lowest BCUT2D eigenvalue weighted by Crippen LogP contribution is -2.65. The summed E-state index contributed by atoms with van der Waals surface area (Å²) in [7, 11) is 0. The number of amidine groups is 1. The highest BCUT2D eigenvalue weighted by Gasteiger charge is 2.45. The standard InChI is InChI=1S/C20H19N7O3/c1-11-12(2)27(19(30)14-6-4-8-22-10-14)15-16(23-11)24-20(26-18(15)29)25-17(28)13-5-3-7-21-9-13/h3-12,15H,1-2H3,(H2,23,24,25,26,28,29). The molecule has 0 aromatic carbocycles. The molecule has 2 N–H and O–H groups in total. The average Bonchev–Trinajstić information content (AvgIpc) is 2.76. The maximum atomic E-state index is 13.1. The number of guanidine groups is 1. The van der Waals surface area contributed by atoms with E-state index in [2.05, 4.69) is 30.6 Å². The number of pyridine rings is 2. The number of aromatic nitrogens is 2. The molecule has 2 aliphatic rings. The summed E-state index contributed by atoms with van der Waals surface area (Å²) >= 11 is 0. The van der Waals surface area contributed by atoms with E-state index in [1.807, 2.05) is 13.8 Å². The second-order valence-electron chi connectivity index (χ2n) is 6.97. The van der Waals surface area contributed by atoms with E-state index in [9.17, 15) is 14.4 Å². The zero-order valence-electron chi connectivity index (χ0n) is 16.3. The van der Waals surface area contributed by atoms with Crippen LogP contribution in [0.3, 0.4) is 0 Å². The van der Waals surface area contributed by atoms with Crippen molar-refractivity contribution in [3.63, 3.8) is 0 Å². The van der Waals surface area contributed by atoms with Gasteiger partial charge in [0, 0.05) is 24.8 Å². The van der Waals surface area contributed by atoms with Crippen LogP contribution in [-0.2, 0) is 4.79 Å². The number of rotatable bonds is 2. The van der Waals surface area contributed by atoms with Crippen molar-refractivity contribution in [3.8, 4) is 0 Å². The van der Waals surface area contributed by atoms with E-state index in [1.165, 1.54) is 17.3 Å². The summed E-state index contributed by atoms with van der Waals surface area (Å²) in [5, 5.41) is 5.10. The van der Waals surface area contributed by atoms with E-state index < -0.39 is 17.9 Å². The quantitative estimate of drug-likeness (QED) is 0.747. The largest absolute Gasteiger partial charge is 0.315 e. The van der Waals surface area contributed by atoms with Crippen molar-refractivity contribution in [2.75, 3.05) is 0 Å². The maximum absolute atomic E-state index is 13.1. The molecule has 30 heavy (non-hydrogen) atoms. The molecule has 0 radical (unpaired) electrons. The molecule has 3 amide bonds. The van der Waals surface area contributed by atoms with E-state index in [1.54, 1.807) is 36.7 Å². The third-order valence-electron chi connectivity index (χ3n) is 5.01. The molecular weight excluding hydrogens is 386 g/mol. The Bertz CT molecular complexity index is 1050. The predicted octanol–water partition coefficient (Wildman–Crippen LogP) is 0.392. The first kappa shape index (κ1) is 19.4. The molecule has 4 heterocycles. The molecular formula is C20H19N7O3. The van der Waals surface area contributed by atoms with Gasteiger partial charge in [-0.15, -0.1) is 0 Å². The smallest absolute Gasteiger partial charge is 0.259 e. The van der Waals surface area contributed by atoms with Crippen molar-refractivity contribution >= 4 is 29.5 Å². The zero-order valence-corrected chi connectivity index (χ0v) is 16.3. The molecule has 10 nitrogen and oxygen atoms in total. The summed E-state index contributed by atoms with van der Waals surface area (Å²) in [5.74, 6) is -1.18. The topological polar surface area (TPSA) is 129 Å². The van der Waals surface area contributed by atoms with E-state index in [0.717, 1.165) is 0 Å². The van der Waals surface area contributed by atoms with Gasteiger partial charge in [-0.25, -0.2) is 0 Å². The van der Waals surface area contributed by atoms with Crippen molar-refractivity contribution in [1.29, 1.82) is 0 Å². The lowest BCUT2D eigenvalue weighted by Gasteiger charge is -2.42. The molecule has 2 aromatic heterocycles. The van der Waals surface area contributed by atoms with Gasteiger partial charge in [0.1, 0.15) is 0 Å². The van der Waals surface area contributed by atoms with Gasteiger partial charge in [-0.2, -0.15) is 4.99 Å². The Balaban J connectivity index is 1.63. The summed E-state index contributed by atoms with van der Waals surface area (Å²) in [4.78, 5) is 56.5. The molecule has 0 saturated carbocycles. The molecule has 0 aliphatic carbocycles. The van der Waals surface area contributed by atoms with Crippen LogP contribution in [0.25, 0.3) is 0 Å². The van der Waals surface area contributed by atoms with Crippen LogP contribution in [0, 0.1) is 0 Å². The molecule has 10 heteroatoms. The average molecular weight is 405 g/mol. The maximum Gasteiger partial charge on any atom is 0.259 e. The van der Waals surface area contributed by atoms with Gasteiger partial charge in [0.05, 0.1) is 23.2 Å². The van der Waals surface area contributed by atoms with Crippen LogP contribution in [0.2, 0.25) is 0 Å². The summed E-state index contributed by atoms with van der Waals surface area (Å²) in [6.07, 6.45) is 5.98. The third kappa shape index (κ3) is 3.54. The van der Waals surface area contributed by atoms with Gasteiger partial charge in [0.15, 0.2) is 11.9 Å². The number of aliphatic imine (C=N–C) groups is 2. The molecule has 2 aromatic rings. The number of amides is 3. The predicted molar refractivity (Wildman–Crippen MR) is 108 cm³/mol. The van der Waals surface area contributed by atoms with Crippen LogP contribution in [-0.4, -0.2) is 62.5 Å². The lowest BCUT2D eigenvalue weighted by atomic mass is 10.00. The molecule has 4 rings (SSSR count). The Hall–Kier alpha value is -3.95. The van der Waals surface area contributed by atoms with Crippen LogP contribution >= 0.6 is 0 Å². The zero-order chi connectivity index (χ0) is 21.3. The first-order valence-electron chi connectivity index (χ1n) is 9.37. The van der Waals surface area contributed by atoms with E-state index in [-0.39, 0.29) is 29.8 Å². The minimum atomic E-state index is -0.997. The van der Waals surface area contributed by atoms with Gasteiger partial charge >= 0.3 is 0 Å². The third-order valence-corrected chi connectivity index (χ3v) is 5.01. The van der Waals surface area contributed by atoms with Gasteiger partial charge in [-0.3, -0.25) is 40.0 Å². The van der Waals surface area contributed by atoms with Gasteiger partial charge in [-0.05, 0) is 38.1 Å². The number of nitrogens with zero attached hydrogens (tertiary/aromatic N) is 5. The van der Waals surface area contributed by atoms with Gasteiger partial charge in [-0.1, -0.05) is 0 Å². The van der Waals surface area contributed by atoms with Crippen molar-refractivity contribution in [1.82, 2.24) is 25.5 Å². The lowest BCUT2D eigenvalue weighted by molar-refractivity contribution is -0.123. The fraction of sp³-hybridized carbons (Fsp3) is 0.250. The van der Waals surface area contributed by atoms with Crippen LogP contribution in [0.5, 0.6) is 0 Å². The molecule has 0 fully saturated rings. The highest BCUT2D eigenvalue weighted by atomic mass is 16.2. The fourth-order valence-electron chi connectivity index (χ4n) is 3.32. The summed E-state index contributed by atoms with van der Waals surface area (Å²) < 4.78 is 0. The highest BCUT2D eigenvalue weighted by molar-refractivity contribution is 6.24. The molecule has 0 spiro atoms. The Morgan fingerprint density at radius 2 is 1.73 bits per heavy atom. The van der Waals surface area contributed by atoms with Crippen LogP contribution < -0.4 is 10.6 Å². The van der Waals surface area contributed by atoms with Crippen molar-refractivity contribution < 1.29 is 14.4 Å². The molecule has 152 valence electrons. The number of hydrogen-bond donors (Lipinski definition) is 2. The Morgan fingerprint density at radius 1 is 1.07 bits per heavy atom. The highest BCUT2D eigenvalue weighted by Crippen LogP contribution is 2.24. The fourth-order valence-corrected chi connectivity index (χ4v) is 3.32. The van der Waals surface area contributed by atoms with E-state index in [0.29, 0.717) is 11.1 Å². The van der Waals surface area contributed by atoms with Gasteiger partial charge in [0.2, 0.25) is 5.96 Å². The summed E-state index contributed by atoms with van der Waals surface area (Å²) in [5.41, 5.74) is 0.683. The number of nitrogens with one attached hydrogen (secondary N) is 2. The van der Waals surface area contributed by atoms with E-state index >= 15 is 0 Å². The molecule has 2 aliphatic heterocycles. The van der Waals surface area contributed by atoms with Crippen molar-refractivity contribution in [2.24, 2.45) is 9.98 Å². The first-order valence-corrected chi connectivity index (χ1v) is 9.37. The number of fused-ring (bicyclic) bond motifs is 1. The Kier molecular flexibility index (Phi) is 5.05. The number of carbonyl (C=O) groups is 3. The number of hydrogen-bond acceptors (Lipinski definition) is 7. The van der Waals surface area contributed by atoms with Gasteiger partial charge in [0.25, 0.3) is 17.7 Å².